The van der Waals surface area contributed by atoms with Crippen LogP contribution in [0, 0.1) is 0 Å². The molecule has 1 amide bonds. The summed E-state index contributed by atoms with van der Waals surface area (Å²) in [7, 11) is 0. The third-order valence-electron chi connectivity index (χ3n) is 3.83. The standard InChI is InChI=1S/C18H24ClN3O4/c1-2-3-9-14-21-15(17(19)22-14)16(24)13(23)10-20-18(25)26-11-12-7-5-4-6-8-12/h4-8,13,16,23-24H,2-3,9-11H2,1H3,(H,20,25)(H,21,22). The number of amides is 1. The first-order valence-corrected chi connectivity index (χ1v) is 8.94. The second-order valence-corrected chi connectivity index (χ2v) is 6.30. The molecule has 142 valence electrons. The van der Waals surface area contributed by atoms with Gasteiger partial charge in [-0.15, -0.1) is 0 Å². The summed E-state index contributed by atoms with van der Waals surface area (Å²) >= 11 is 6.02. The first kappa shape index (κ1) is 20.2. The number of alkyl carbamates (subject to hydrolysis) is 1. The number of rotatable bonds is 9. The third kappa shape index (κ3) is 6.01. The molecule has 0 spiro atoms. The number of hydrogen-bond donors (Lipinski definition) is 4. The number of imidazole rings is 1. The fraction of sp³-hybridized carbons (Fsp3) is 0.444. The maximum atomic E-state index is 11.7. The van der Waals surface area contributed by atoms with Gasteiger partial charge in [-0.25, -0.2) is 9.78 Å². The zero-order chi connectivity index (χ0) is 18.9. The molecule has 0 aliphatic heterocycles. The van der Waals surface area contributed by atoms with Crippen molar-refractivity contribution in [3.8, 4) is 0 Å². The number of aromatic amines is 1. The van der Waals surface area contributed by atoms with Gasteiger partial charge in [0.15, 0.2) is 5.15 Å². The molecule has 0 aliphatic rings. The SMILES string of the molecule is CCCCc1nc(Cl)c(C(O)C(O)CNC(=O)OCc2ccccc2)[nH]1. The molecule has 1 aromatic heterocycles. The molecule has 0 saturated carbocycles. The lowest BCUT2D eigenvalue weighted by Gasteiger charge is -2.17. The molecule has 26 heavy (non-hydrogen) atoms. The Bertz CT molecular complexity index is 693. The molecule has 2 rings (SSSR count). The van der Waals surface area contributed by atoms with Crippen molar-refractivity contribution in [2.24, 2.45) is 0 Å². The minimum atomic E-state index is -1.29. The molecule has 0 radical (unpaired) electrons. The molecule has 0 aliphatic carbocycles. The Morgan fingerprint density at radius 2 is 2.08 bits per heavy atom. The Morgan fingerprint density at radius 1 is 1.35 bits per heavy atom. The van der Waals surface area contributed by atoms with Crippen molar-refractivity contribution in [2.45, 2.75) is 45.0 Å². The van der Waals surface area contributed by atoms with E-state index in [1.165, 1.54) is 0 Å². The van der Waals surface area contributed by atoms with Gasteiger partial charge in [0.05, 0.1) is 5.69 Å². The summed E-state index contributed by atoms with van der Waals surface area (Å²) in [4.78, 5) is 18.8. The van der Waals surface area contributed by atoms with E-state index >= 15 is 0 Å². The van der Waals surface area contributed by atoms with E-state index in [-0.39, 0.29) is 24.0 Å². The average molecular weight is 382 g/mol. The molecular formula is C18H24ClN3O4. The van der Waals surface area contributed by atoms with Crippen LogP contribution in [-0.2, 0) is 17.8 Å². The lowest BCUT2D eigenvalue weighted by Crippen LogP contribution is -2.36. The number of aryl methyl sites for hydroxylation is 1. The van der Waals surface area contributed by atoms with Gasteiger partial charge in [-0.2, -0.15) is 0 Å². The van der Waals surface area contributed by atoms with Crippen molar-refractivity contribution in [3.63, 3.8) is 0 Å². The Labute approximate surface area is 157 Å². The van der Waals surface area contributed by atoms with Crippen LogP contribution in [0.3, 0.4) is 0 Å². The van der Waals surface area contributed by atoms with Crippen LogP contribution in [0.4, 0.5) is 4.79 Å². The molecular weight excluding hydrogens is 358 g/mol. The molecule has 7 nitrogen and oxygen atoms in total. The van der Waals surface area contributed by atoms with E-state index in [0.717, 1.165) is 18.4 Å². The Hall–Kier alpha value is -2.09. The van der Waals surface area contributed by atoms with Crippen molar-refractivity contribution < 1.29 is 19.7 Å². The molecule has 4 N–H and O–H groups in total. The molecule has 0 fully saturated rings. The number of benzene rings is 1. The molecule has 0 saturated heterocycles. The minimum Gasteiger partial charge on any atom is -0.445 e. The second-order valence-electron chi connectivity index (χ2n) is 5.95. The first-order chi connectivity index (χ1) is 12.5. The van der Waals surface area contributed by atoms with Crippen LogP contribution in [0.5, 0.6) is 0 Å². The predicted molar refractivity (Wildman–Crippen MR) is 97.8 cm³/mol. The van der Waals surface area contributed by atoms with E-state index in [4.69, 9.17) is 16.3 Å². The third-order valence-corrected chi connectivity index (χ3v) is 4.12. The predicted octanol–water partition coefficient (Wildman–Crippen LogP) is 2.73. The summed E-state index contributed by atoms with van der Waals surface area (Å²) in [5.74, 6) is 0.660. The van der Waals surface area contributed by atoms with Gasteiger partial charge < -0.3 is 25.3 Å². The normalized spacial score (nSPS) is 13.2. The fourth-order valence-electron chi connectivity index (χ4n) is 2.34. The highest BCUT2D eigenvalue weighted by molar-refractivity contribution is 6.30. The highest BCUT2D eigenvalue weighted by Gasteiger charge is 2.24. The van der Waals surface area contributed by atoms with Gasteiger partial charge >= 0.3 is 6.09 Å². The summed E-state index contributed by atoms with van der Waals surface area (Å²) in [5, 5.41) is 22.9. The summed E-state index contributed by atoms with van der Waals surface area (Å²) in [6.07, 6.45) is -0.566. The number of halogens is 1. The number of H-pyrrole nitrogens is 1. The van der Waals surface area contributed by atoms with Crippen molar-refractivity contribution >= 4 is 17.7 Å². The lowest BCUT2D eigenvalue weighted by atomic mass is 10.1. The summed E-state index contributed by atoms with van der Waals surface area (Å²) in [5.41, 5.74) is 1.09. The zero-order valence-corrected chi connectivity index (χ0v) is 15.4. The molecule has 1 heterocycles. The molecule has 2 aromatic rings. The van der Waals surface area contributed by atoms with Gasteiger partial charge in [0, 0.05) is 13.0 Å². The van der Waals surface area contributed by atoms with E-state index in [2.05, 4.69) is 22.2 Å². The molecule has 1 aromatic carbocycles. The number of aliphatic hydroxyl groups is 2. The van der Waals surface area contributed by atoms with Crippen molar-refractivity contribution in [2.75, 3.05) is 6.54 Å². The Kier molecular flexibility index (Phi) is 7.90. The van der Waals surface area contributed by atoms with Crippen LogP contribution in [0.25, 0.3) is 0 Å². The van der Waals surface area contributed by atoms with Crippen LogP contribution in [0.15, 0.2) is 30.3 Å². The largest absolute Gasteiger partial charge is 0.445 e. The smallest absolute Gasteiger partial charge is 0.407 e. The van der Waals surface area contributed by atoms with Gasteiger partial charge in [-0.3, -0.25) is 0 Å². The number of nitrogens with zero attached hydrogens (tertiary/aromatic N) is 1. The lowest BCUT2D eigenvalue weighted by molar-refractivity contribution is 0.0161. The average Bonchev–Trinajstić information content (AvgIpc) is 3.03. The van der Waals surface area contributed by atoms with E-state index < -0.39 is 18.3 Å². The minimum absolute atomic E-state index is 0.120. The number of carbonyl (C=O) groups is 1. The molecule has 8 heteroatoms. The van der Waals surface area contributed by atoms with E-state index in [1.807, 2.05) is 30.3 Å². The van der Waals surface area contributed by atoms with Crippen LogP contribution >= 0.6 is 11.6 Å². The van der Waals surface area contributed by atoms with Crippen LogP contribution in [0.2, 0.25) is 5.15 Å². The number of aromatic nitrogens is 2. The highest BCUT2D eigenvalue weighted by atomic mass is 35.5. The van der Waals surface area contributed by atoms with Crippen LogP contribution < -0.4 is 5.32 Å². The number of unbranched alkanes of at least 4 members (excludes halogenated alkanes) is 1. The summed E-state index contributed by atoms with van der Waals surface area (Å²) in [6.45, 7) is 2.00. The number of aliphatic hydroxyl groups excluding tert-OH is 2. The van der Waals surface area contributed by atoms with E-state index in [1.54, 1.807) is 0 Å². The Balaban J connectivity index is 1.80. The van der Waals surface area contributed by atoms with Gasteiger partial charge in [0.1, 0.15) is 24.6 Å². The highest BCUT2D eigenvalue weighted by Crippen LogP contribution is 2.23. The zero-order valence-electron chi connectivity index (χ0n) is 14.6. The van der Waals surface area contributed by atoms with E-state index in [9.17, 15) is 15.0 Å². The quantitative estimate of drug-likeness (QED) is 0.534. The Morgan fingerprint density at radius 3 is 2.77 bits per heavy atom. The number of hydrogen-bond acceptors (Lipinski definition) is 5. The van der Waals surface area contributed by atoms with Gasteiger partial charge in [-0.1, -0.05) is 55.3 Å². The van der Waals surface area contributed by atoms with Crippen molar-refractivity contribution in [1.29, 1.82) is 0 Å². The monoisotopic (exact) mass is 381 g/mol. The van der Waals surface area contributed by atoms with Gasteiger partial charge in [-0.05, 0) is 12.0 Å². The van der Waals surface area contributed by atoms with Gasteiger partial charge in [0.2, 0.25) is 0 Å². The maximum absolute atomic E-state index is 11.7. The number of nitrogens with one attached hydrogen (secondary N) is 2. The van der Waals surface area contributed by atoms with E-state index in [0.29, 0.717) is 12.2 Å². The first-order valence-electron chi connectivity index (χ1n) is 8.56. The van der Waals surface area contributed by atoms with Crippen LogP contribution in [0.1, 0.15) is 43.0 Å². The number of carbonyl (C=O) groups excluding carboxylic acids is 1. The van der Waals surface area contributed by atoms with Gasteiger partial charge in [0.25, 0.3) is 0 Å². The molecule has 2 unspecified atom stereocenters. The second kappa shape index (κ2) is 10.2. The molecule has 2 atom stereocenters. The maximum Gasteiger partial charge on any atom is 0.407 e. The fourth-order valence-corrected chi connectivity index (χ4v) is 2.60. The topological polar surface area (TPSA) is 107 Å². The summed E-state index contributed by atoms with van der Waals surface area (Å²) in [6, 6.07) is 9.24. The van der Waals surface area contributed by atoms with Crippen LogP contribution in [-0.4, -0.2) is 38.9 Å². The van der Waals surface area contributed by atoms with Crippen molar-refractivity contribution in [3.05, 3.63) is 52.6 Å². The van der Waals surface area contributed by atoms with Crippen molar-refractivity contribution in [1.82, 2.24) is 15.3 Å². The molecule has 0 bridgehead atoms. The summed E-state index contributed by atoms with van der Waals surface area (Å²) < 4.78 is 5.05. The number of ether oxygens (including phenoxy) is 1.